The monoisotopic (exact) mass is 464 g/mol. The van der Waals surface area contributed by atoms with Crippen LogP contribution in [0.25, 0.3) is 0 Å². The molecule has 0 unspecified atom stereocenters. The van der Waals surface area contributed by atoms with Crippen molar-refractivity contribution >= 4 is 41.7 Å². The van der Waals surface area contributed by atoms with Crippen LogP contribution in [-0.4, -0.2) is 52.0 Å². The molecule has 6 nitrogen and oxygen atoms in total. The molecular weight excluding hydrogens is 442 g/mol. The molecule has 1 aromatic carbocycles. The van der Waals surface area contributed by atoms with Gasteiger partial charge in [-0.1, -0.05) is 0 Å². The third-order valence-electron chi connectivity index (χ3n) is 3.22. The first kappa shape index (κ1) is 20.7. The molecule has 0 spiro atoms. The van der Waals surface area contributed by atoms with Gasteiger partial charge in [-0.2, -0.15) is 5.10 Å². The van der Waals surface area contributed by atoms with Gasteiger partial charge in [0.1, 0.15) is 18.0 Å². The van der Waals surface area contributed by atoms with E-state index in [1.807, 2.05) is 19.0 Å². The fraction of sp³-hybridized carbons (Fsp3) is 0.400. The predicted molar refractivity (Wildman–Crippen MR) is 106 cm³/mol. The van der Waals surface area contributed by atoms with Crippen LogP contribution in [0.5, 0.6) is 0 Å². The van der Waals surface area contributed by atoms with Crippen LogP contribution < -0.4 is 5.32 Å². The summed E-state index contributed by atoms with van der Waals surface area (Å²) in [5.74, 6) is 2.32. The summed E-state index contributed by atoms with van der Waals surface area (Å²) < 4.78 is 14.6. The summed E-state index contributed by atoms with van der Waals surface area (Å²) in [6, 6.07) is 6.52. The Balaban J connectivity index is 0.00000288. The molecular formula is C15H22FIN6S. The number of aliphatic imine (C=N–C) groups is 1. The van der Waals surface area contributed by atoms with Crippen LogP contribution in [0, 0.1) is 5.82 Å². The van der Waals surface area contributed by atoms with Gasteiger partial charge >= 0.3 is 0 Å². The Bertz CT molecular complexity index is 646. The molecule has 0 fully saturated rings. The Morgan fingerprint density at radius 2 is 2.08 bits per heavy atom. The molecule has 1 N–H and O–H groups in total. The molecule has 0 saturated carbocycles. The molecule has 24 heavy (non-hydrogen) atoms. The van der Waals surface area contributed by atoms with Gasteiger partial charge < -0.3 is 10.2 Å². The number of nitrogens with zero attached hydrogens (tertiary/aromatic N) is 5. The molecule has 0 aliphatic carbocycles. The van der Waals surface area contributed by atoms with Crippen LogP contribution in [0.4, 0.5) is 4.39 Å². The second-order valence-corrected chi connectivity index (χ2v) is 6.10. The molecule has 1 aromatic heterocycles. The molecule has 9 heteroatoms. The number of hydrogen-bond donors (Lipinski definition) is 1. The summed E-state index contributed by atoms with van der Waals surface area (Å²) >= 11 is 1.67. The smallest absolute Gasteiger partial charge is 0.193 e. The number of aromatic nitrogens is 3. The topological polar surface area (TPSA) is 58.3 Å². The van der Waals surface area contributed by atoms with Crippen molar-refractivity contribution in [2.75, 3.05) is 26.4 Å². The lowest BCUT2D eigenvalue weighted by Gasteiger charge is -2.21. The number of hydrogen-bond acceptors (Lipinski definition) is 4. The molecule has 0 aliphatic heterocycles. The van der Waals surface area contributed by atoms with E-state index in [0.29, 0.717) is 6.54 Å². The van der Waals surface area contributed by atoms with Crippen LogP contribution in [-0.2, 0) is 13.6 Å². The maximum atomic E-state index is 12.8. The van der Waals surface area contributed by atoms with E-state index in [1.54, 1.807) is 42.0 Å². The minimum atomic E-state index is -0.210. The molecule has 1 heterocycles. The standard InChI is InChI=1S/C15H21FN6S.HI/c1-17-15(21(2)10-14-19-11-20-22(14)3)18-8-9-23-13-6-4-12(16)5-7-13;/h4-7,11H,8-10H2,1-3H3,(H,17,18);1H. The number of halogens is 2. The number of thioether (sulfide) groups is 1. The minimum Gasteiger partial charge on any atom is -0.355 e. The first-order valence-corrected chi connectivity index (χ1v) is 8.21. The van der Waals surface area contributed by atoms with Gasteiger partial charge in [0.2, 0.25) is 0 Å². The van der Waals surface area contributed by atoms with E-state index in [9.17, 15) is 4.39 Å². The van der Waals surface area contributed by atoms with Gasteiger partial charge in [-0.15, -0.1) is 35.7 Å². The van der Waals surface area contributed by atoms with E-state index in [4.69, 9.17) is 0 Å². The highest BCUT2D eigenvalue weighted by atomic mass is 127. The van der Waals surface area contributed by atoms with E-state index in [1.165, 1.54) is 12.1 Å². The van der Waals surface area contributed by atoms with Crippen molar-refractivity contribution in [3.05, 3.63) is 42.2 Å². The van der Waals surface area contributed by atoms with Crippen LogP contribution in [0.15, 0.2) is 40.5 Å². The molecule has 132 valence electrons. The van der Waals surface area contributed by atoms with Crippen molar-refractivity contribution in [1.29, 1.82) is 0 Å². The molecule has 0 radical (unpaired) electrons. The van der Waals surface area contributed by atoms with Gasteiger partial charge in [0, 0.05) is 38.3 Å². The summed E-state index contributed by atoms with van der Waals surface area (Å²) in [7, 11) is 5.57. The molecule has 0 atom stereocenters. The van der Waals surface area contributed by atoms with E-state index in [2.05, 4.69) is 20.4 Å². The van der Waals surface area contributed by atoms with Gasteiger partial charge in [0.25, 0.3) is 0 Å². The normalized spacial score (nSPS) is 11.1. The minimum absolute atomic E-state index is 0. The Kier molecular flexibility index (Phi) is 9.04. The van der Waals surface area contributed by atoms with Crippen molar-refractivity contribution in [1.82, 2.24) is 25.0 Å². The summed E-state index contributed by atoms with van der Waals surface area (Å²) in [5.41, 5.74) is 0. The highest BCUT2D eigenvalue weighted by molar-refractivity contribution is 14.0. The fourth-order valence-electron chi connectivity index (χ4n) is 2.00. The Morgan fingerprint density at radius 3 is 2.67 bits per heavy atom. The lowest BCUT2D eigenvalue weighted by atomic mass is 10.4. The van der Waals surface area contributed by atoms with E-state index in [-0.39, 0.29) is 29.8 Å². The average molecular weight is 464 g/mol. The third-order valence-corrected chi connectivity index (χ3v) is 4.24. The Labute approximate surface area is 163 Å². The lowest BCUT2D eigenvalue weighted by Crippen LogP contribution is -2.39. The molecule has 0 saturated heterocycles. The maximum absolute atomic E-state index is 12.8. The maximum Gasteiger partial charge on any atom is 0.193 e. The highest BCUT2D eigenvalue weighted by Crippen LogP contribution is 2.17. The van der Waals surface area contributed by atoms with Crippen LogP contribution >= 0.6 is 35.7 Å². The highest BCUT2D eigenvalue weighted by Gasteiger charge is 2.09. The number of benzene rings is 1. The first-order valence-electron chi connectivity index (χ1n) is 7.23. The largest absolute Gasteiger partial charge is 0.355 e. The predicted octanol–water partition coefficient (Wildman–Crippen LogP) is 2.37. The van der Waals surface area contributed by atoms with Crippen molar-refractivity contribution in [2.24, 2.45) is 12.0 Å². The van der Waals surface area contributed by atoms with Crippen LogP contribution in [0.1, 0.15) is 5.82 Å². The summed E-state index contributed by atoms with van der Waals surface area (Å²) in [4.78, 5) is 11.5. The Hall–Kier alpha value is -1.36. The fourth-order valence-corrected chi connectivity index (χ4v) is 2.77. The quantitative estimate of drug-likeness (QED) is 0.234. The summed E-state index contributed by atoms with van der Waals surface area (Å²) in [6.07, 6.45) is 1.54. The zero-order valence-electron chi connectivity index (χ0n) is 13.9. The second kappa shape index (κ2) is 10.5. The third kappa shape index (κ3) is 6.27. The first-order chi connectivity index (χ1) is 11.1. The van der Waals surface area contributed by atoms with Gasteiger partial charge in [-0.25, -0.2) is 9.37 Å². The number of aryl methyl sites for hydroxylation is 1. The van der Waals surface area contributed by atoms with Gasteiger partial charge in [-0.3, -0.25) is 9.67 Å². The molecule has 2 aromatic rings. The van der Waals surface area contributed by atoms with Crippen molar-refractivity contribution in [2.45, 2.75) is 11.4 Å². The number of rotatable bonds is 6. The lowest BCUT2D eigenvalue weighted by molar-refractivity contribution is 0.450. The number of nitrogens with one attached hydrogen (secondary N) is 1. The second-order valence-electron chi connectivity index (χ2n) is 4.93. The molecule has 0 aliphatic rings. The average Bonchev–Trinajstić information content (AvgIpc) is 2.94. The van der Waals surface area contributed by atoms with Gasteiger partial charge in [0.05, 0.1) is 6.54 Å². The SMILES string of the molecule is CN=C(NCCSc1ccc(F)cc1)N(C)Cc1ncnn1C.I. The summed E-state index contributed by atoms with van der Waals surface area (Å²) in [6.45, 7) is 1.39. The summed E-state index contributed by atoms with van der Waals surface area (Å²) in [5, 5.41) is 7.36. The zero-order valence-corrected chi connectivity index (χ0v) is 17.1. The van der Waals surface area contributed by atoms with Crippen LogP contribution in [0.2, 0.25) is 0 Å². The van der Waals surface area contributed by atoms with E-state index < -0.39 is 0 Å². The van der Waals surface area contributed by atoms with E-state index in [0.717, 1.165) is 29.0 Å². The van der Waals surface area contributed by atoms with Crippen molar-refractivity contribution in [3.63, 3.8) is 0 Å². The van der Waals surface area contributed by atoms with Crippen molar-refractivity contribution in [3.8, 4) is 0 Å². The van der Waals surface area contributed by atoms with E-state index >= 15 is 0 Å². The van der Waals surface area contributed by atoms with Gasteiger partial charge in [-0.05, 0) is 24.3 Å². The Morgan fingerprint density at radius 1 is 1.38 bits per heavy atom. The van der Waals surface area contributed by atoms with Crippen LogP contribution in [0.3, 0.4) is 0 Å². The zero-order chi connectivity index (χ0) is 16.7. The molecule has 2 rings (SSSR count). The molecule has 0 bridgehead atoms. The number of guanidine groups is 1. The van der Waals surface area contributed by atoms with Crippen molar-refractivity contribution < 1.29 is 4.39 Å². The molecule has 0 amide bonds. The van der Waals surface area contributed by atoms with Gasteiger partial charge in [0.15, 0.2) is 5.96 Å².